The Labute approximate surface area is 120 Å². The van der Waals surface area contributed by atoms with Crippen molar-refractivity contribution in [1.29, 1.82) is 0 Å². The minimum absolute atomic E-state index is 0.553. The molecule has 0 heterocycles. The molecule has 0 N–H and O–H groups in total. The van der Waals surface area contributed by atoms with E-state index in [0.29, 0.717) is 16.4 Å². The molecule has 19 heavy (non-hydrogen) atoms. The predicted molar refractivity (Wildman–Crippen MR) is 82.2 cm³/mol. The van der Waals surface area contributed by atoms with Crippen molar-refractivity contribution in [3.63, 3.8) is 0 Å². The van der Waals surface area contributed by atoms with Gasteiger partial charge in [-0.25, -0.2) is 0 Å². The Morgan fingerprint density at radius 3 is 2.05 bits per heavy atom. The fourth-order valence-corrected chi connectivity index (χ4v) is 6.50. The molecule has 0 aliphatic heterocycles. The maximum Gasteiger partial charge on any atom is 0.0219 e. The summed E-state index contributed by atoms with van der Waals surface area (Å²) in [5, 5.41) is 0. The van der Waals surface area contributed by atoms with Gasteiger partial charge in [-0.2, -0.15) is 0 Å². The van der Waals surface area contributed by atoms with Gasteiger partial charge in [0.15, 0.2) is 0 Å². The van der Waals surface area contributed by atoms with Crippen molar-refractivity contribution in [2.45, 2.75) is 78.2 Å². The van der Waals surface area contributed by atoms with Crippen LogP contribution in [0, 0.1) is 22.7 Å². The summed E-state index contributed by atoms with van der Waals surface area (Å²) in [7, 11) is 2.42. The molecule has 0 aromatic rings. The molecule has 2 unspecified atom stereocenters. The monoisotopic (exact) mass is 263 g/mol. The van der Waals surface area contributed by atoms with Crippen LogP contribution in [0.5, 0.6) is 0 Å². The van der Waals surface area contributed by atoms with Gasteiger partial charge in [-0.05, 0) is 81.2 Å². The van der Waals surface area contributed by atoms with Crippen molar-refractivity contribution in [2.75, 3.05) is 13.6 Å². The Morgan fingerprint density at radius 1 is 1.00 bits per heavy atom. The van der Waals surface area contributed by atoms with Crippen LogP contribution in [-0.4, -0.2) is 24.0 Å². The van der Waals surface area contributed by atoms with E-state index in [0.717, 1.165) is 11.8 Å². The summed E-state index contributed by atoms with van der Waals surface area (Å²) < 4.78 is 0. The maximum atomic E-state index is 2.77. The van der Waals surface area contributed by atoms with Crippen LogP contribution in [0.2, 0.25) is 0 Å². The first kappa shape index (κ1) is 13.9. The summed E-state index contributed by atoms with van der Waals surface area (Å²) in [6.07, 6.45) is 10.3. The molecule has 0 amide bonds. The highest BCUT2D eigenvalue weighted by Gasteiger charge is 2.61. The second kappa shape index (κ2) is 4.23. The average Bonchev–Trinajstić information content (AvgIpc) is 2.20. The smallest absolute Gasteiger partial charge is 0.0219 e. The Kier molecular flexibility index (Phi) is 3.10. The molecule has 0 aromatic carbocycles. The molecule has 4 fully saturated rings. The highest BCUT2D eigenvalue weighted by molar-refractivity contribution is 5.14. The van der Waals surface area contributed by atoms with Crippen molar-refractivity contribution in [3.05, 3.63) is 0 Å². The molecule has 0 aromatic heterocycles. The minimum atomic E-state index is 0.553. The summed E-state index contributed by atoms with van der Waals surface area (Å²) in [6, 6.07) is 0. The normalized spacial score (nSPS) is 48.5. The topological polar surface area (TPSA) is 3.24 Å². The summed E-state index contributed by atoms with van der Waals surface area (Å²) in [4.78, 5) is 2.77. The van der Waals surface area contributed by atoms with Crippen LogP contribution in [-0.2, 0) is 0 Å². The third-order valence-electron chi connectivity index (χ3n) is 6.45. The van der Waals surface area contributed by atoms with E-state index in [1.54, 1.807) is 0 Å². The molecule has 0 spiro atoms. The van der Waals surface area contributed by atoms with Crippen molar-refractivity contribution in [1.82, 2.24) is 4.90 Å². The first-order valence-electron chi connectivity index (χ1n) is 8.46. The lowest BCUT2D eigenvalue weighted by molar-refractivity contribution is -0.156. The van der Waals surface area contributed by atoms with Gasteiger partial charge in [0.05, 0.1) is 0 Å². The van der Waals surface area contributed by atoms with Gasteiger partial charge in [-0.15, -0.1) is 0 Å². The molecule has 4 aliphatic rings. The van der Waals surface area contributed by atoms with Crippen LogP contribution in [0.3, 0.4) is 0 Å². The Bertz CT molecular complexity index is 341. The van der Waals surface area contributed by atoms with Crippen LogP contribution in [0.15, 0.2) is 0 Å². The molecule has 4 rings (SSSR count). The molecule has 1 nitrogen and oxygen atoms in total. The Morgan fingerprint density at radius 2 is 1.58 bits per heavy atom. The molecule has 0 saturated heterocycles. The van der Waals surface area contributed by atoms with Gasteiger partial charge in [0, 0.05) is 5.54 Å². The first-order chi connectivity index (χ1) is 8.74. The van der Waals surface area contributed by atoms with Crippen LogP contribution in [0.4, 0.5) is 0 Å². The second-order valence-electron chi connectivity index (χ2n) is 9.46. The third-order valence-corrected chi connectivity index (χ3v) is 6.45. The fraction of sp³-hybridized carbons (Fsp3) is 1.00. The van der Waals surface area contributed by atoms with Gasteiger partial charge >= 0.3 is 0 Å². The lowest BCUT2D eigenvalue weighted by atomic mass is 9.42. The van der Waals surface area contributed by atoms with Crippen LogP contribution >= 0.6 is 0 Å². The van der Waals surface area contributed by atoms with Gasteiger partial charge in [-0.1, -0.05) is 27.7 Å². The van der Waals surface area contributed by atoms with E-state index in [4.69, 9.17) is 0 Å². The van der Waals surface area contributed by atoms with Gasteiger partial charge in [-0.3, -0.25) is 0 Å². The number of nitrogens with zero attached hydrogens (tertiary/aromatic N) is 1. The Balaban J connectivity index is 1.80. The van der Waals surface area contributed by atoms with Gasteiger partial charge < -0.3 is 4.90 Å². The molecule has 2 atom stereocenters. The number of hydrogen-bond donors (Lipinski definition) is 0. The number of hydrogen-bond acceptors (Lipinski definition) is 1. The molecule has 1 heteroatoms. The standard InChI is InChI=1S/C18H33N/c1-14(2)6-7-19(5)18-10-15-8-16(3,12-18)11-17(4,9-15)13-18/h14-15H,6-13H2,1-5H3. The number of rotatable bonds is 4. The van der Waals surface area contributed by atoms with E-state index in [2.05, 4.69) is 39.6 Å². The summed E-state index contributed by atoms with van der Waals surface area (Å²) >= 11 is 0. The summed E-state index contributed by atoms with van der Waals surface area (Å²) in [5.74, 6) is 1.86. The molecule has 4 saturated carbocycles. The first-order valence-corrected chi connectivity index (χ1v) is 8.46. The van der Waals surface area contributed by atoms with E-state index < -0.39 is 0 Å². The van der Waals surface area contributed by atoms with E-state index >= 15 is 0 Å². The minimum Gasteiger partial charge on any atom is -0.301 e. The fourth-order valence-electron chi connectivity index (χ4n) is 6.50. The third kappa shape index (κ3) is 2.37. The summed E-state index contributed by atoms with van der Waals surface area (Å²) in [5.41, 5.74) is 1.86. The lowest BCUT2D eigenvalue weighted by Gasteiger charge is -2.67. The average molecular weight is 263 g/mol. The van der Waals surface area contributed by atoms with Gasteiger partial charge in [0.1, 0.15) is 0 Å². The zero-order valence-corrected chi connectivity index (χ0v) is 13.8. The van der Waals surface area contributed by atoms with Crippen molar-refractivity contribution < 1.29 is 0 Å². The van der Waals surface area contributed by atoms with Crippen molar-refractivity contribution in [3.8, 4) is 0 Å². The van der Waals surface area contributed by atoms with Crippen molar-refractivity contribution in [2.24, 2.45) is 22.7 Å². The van der Waals surface area contributed by atoms with Crippen molar-refractivity contribution >= 4 is 0 Å². The van der Waals surface area contributed by atoms with E-state index in [1.807, 2.05) is 0 Å². The maximum absolute atomic E-state index is 2.77. The molecule has 110 valence electrons. The van der Waals surface area contributed by atoms with Crippen LogP contribution < -0.4 is 0 Å². The largest absolute Gasteiger partial charge is 0.301 e. The molecular weight excluding hydrogens is 230 g/mol. The van der Waals surface area contributed by atoms with E-state index in [9.17, 15) is 0 Å². The summed E-state index contributed by atoms with van der Waals surface area (Å²) in [6.45, 7) is 11.2. The van der Waals surface area contributed by atoms with E-state index in [-0.39, 0.29) is 0 Å². The Hall–Kier alpha value is -0.0400. The van der Waals surface area contributed by atoms with Gasteiger partial charge in [0.25, 0.3) is 0 Å². The predicted octanol–water partition coefficient (Wildman–Crippen LogP) is 4.71. The molecule has 4 aliphatic carbocycles. The second-order valence-corrected chi connectivity index (χ2v) is 9.46. The molecule has 0 radical (unpaired) electrons. The van der Waals surface area contributed by atoms with E-state index in [1.165, 1.54) is 51.5 Å². The SMILES string of the molecule is CC(C)CCN(C)C12CC3CC(C)(CC(C)(C3)C1)C2. The highest BCUT2D eigenvalue weighted by atomic mass is 15.2. The zero-order chi connectivity index (χ0) is 13.9. The van der Waals surface area contributed by atoms with Crippen LogP contribution in [0.1, 0.15) is 72.6 Å². The zero-order valence-electron chi connectivity index (χ0n) is 13.8. The molecular formula is C18H33N. The highest BCUT2D eigenvalue weighted by Crippen LogP contribution is 2.67. The van der Waals surface area contributed by atoms with Crippen LogP contribution in [0.25, 0.3) is 0 Å². The molecule has 4 bridgehead atoms. The quantitative estimate of drug-likeness (QED) is 0.710. The lowest BCUT2D eigenvalue weighted by Crippen LogP contribution is -2.64. The van der Waals surface area contributed by atoms with Gasteiger partial charge in [0.2, 0.25) is 0 Å².